The number of allylic oxidation sites excluding steroid dienone is 7. The van der Waals surface area contributed by atoms with Gasteiger partial charge in [-0.1, -0.05) is 148 Å². The van der Waals surface area contributed by atoms with E-state index in [1.54, 1.807) is 0 Å². The van der Waals surface area contributed by atoms with Crippen molar-refractivity contribution in [3.8, 4) is 0 Å². The summed E-state index contributed by atoms with van der Waals surface area (Å²) in [5.74, 6) is 0.825. The van der Waals surface area contributed by atoms with Crippen LogP contribution in [0.5, 0.6) is 0 Å². The Bertz CT molecular complexity index is 1300. The first-order chi connectivity index (χ1) is 19.3. The molecule has 0 bridgehead atoms. The molecule has 1 heteroatoms. The molecule has 1 aliphatic carbocycles. The number of ketones is 1. The van der Waals surface area contributed by atoms with Crippen molar-refractivity contribution in [2.45, 2.75) is 80.1 Å². The molecule has 0 unspecified atom stereocenters. The molecule has 0 aliphatic heterocycles. The number of aryl methyl sites for hydroxylation is 1. The Morgan fingerprint density at radius 1 is 0.900 bits per heavy atom. The molecule has 0 spiro atoms. The van der Waals surface area contributed by atoms with Gasteiger partial charge in [-0.2, -0.15) is 0 Å². The van der Waals surface area contributed by atoms with Crippen LogP contribution in [0.25, 0.3) is 5.57 Å². The summed E-state index contributed by atoms with van der Waals surface area (Å²) in [6.45, 7) is 18.4. The molecule has 0 amide bonds. The van der Waals surface area contributed by atoms with Gasteiger partial charge in [0.1, 0.15) is 0 Å². The molecule has 3 aromatic rings. The smallest absolute Gasteiger partial charge is 0.162 e. The number of Topliss-reactive ketones (excluding diaryl/α,β-unsaturated/α-hetero) is 1. The second kappa shape index (κ2) is 17.1. The van der Waals surface area contributed by atoms with Crippen molar-refractivity contribution in [3.05, 3.63) is 148 Å². The Labute approximate surface area is 244 Å². The van der Waals surface area contributed by atoms with E-state index in [-0.39, 0.29) is 5.78 Å². The SMILES string of the molecule is C/C(Cc1ccccc1)=C1/CC=C(Cc2ccc(C(C)C)cc2)C(=O)C1.C=C/C(=C\C)c1ccc(C)cc1.CC. The average Bonchev–Trinajstić information content (AvgIpc) is 2.98. The minimum Gasteiger partial charge on any atom is -0.294 e. The largest absolute Gasteiger partial charge is 0.294 e. The van der Waals surface area contributed by atoms with Crippen LogP contribution in [0.2, 0.25) is 0 Å². The Hall–Kier alpha value is -3.71. The van der Waals surface area contributed by atoms with E-state index in [1.165, 1.54) is 44.5 Å². The molecular weight excluding hydrogens is 484 g/mol. The van der Waals surface area contributed by atoms with Crippen LogP contribution >= 0.6 is 0 Å². The lowest BCUT2D eigenvalue weighted by Gasteiger charge is -2.18. The standard InChI is InChI=1S/C25H28O.C12H14.C2H6/c1-18(2)22-11-9-21(10-12-22)16-24-14-13-23(17-25(24)26)19(3)15-20-7-5-4-6-8-20;1-4-11(5-2)12-8-6-10(3)7-9-12;1-2/h4-12,14,18H,13,15-17H2,1-3H3;4-9H,1H2,2-3H3;1-2H3/b23-19+;11-5+;. The molecule has 1 nitrogen and oxygen atoms in total. The van der Waals surface area contributed by atoms with Crippen LogP contribution < -0.4 is 0 Å². The van der Waals surface area contributed by atoms with Gasteiger partial charge < -0.3 is 0 Å². The lowest BCUT2D eigenvalue weighted by Crippen LogP contribution is -2.13. The van der Waals surface area contributed by atoms with Crippen LogP contribution in [0.15, 0.2) is 120 Å². The summed E-state index contributed by atoms with van der Waals surface area (Å²) in [4.78, 5) is 12.6. The number of hydrogen-bond acceptors (Lipinski definition) is 1. The molecule has 0 aromatic heterocycles. The summed E-state index contributed by atoms with van der Waals surface area (Å²) in [5.41, 5.74) is 11.2. The molecule has 3 aromatic carbocycles. The van der Waals surface area contributed by atoms with Crippen LogP contribution in [0.3, 0.4) is 0 Å². The third-order valence-corrected chi connectivity index (χ3v) is 7.20. The van der Waals surface area contributed by atoms with Gasteiger partial charge in [0, 0.05) is 12.8 Å². The maximum atomic E-state index is 12.6. The van der Waals surface area contributed by atoms with Crippen molar-refractivity contribution in [3.63, 3.8) is 0 Å². The summed E-state index contributed by atoms with van der Waals surface area (Å²) in [6, 6.07) is 27.6. The lowest BCUT2D eigenvalue weighted by molar-refractivity contribution is -0.115. The molecular formula is C39H48O. The van der Waals surface area contributed by atoms with Gasteiger partial charge in [0.25, 0.3) is 0 Å². The molecule has 0 heterocycles. The zero-order valence-corrected chi connectivity index (χ0v) is 25.8. The predicted octanol–water partition coefficient (Wildman–Crippen LogP) is 10.8. The van der Waals surface area contributed by atoms with Crippen LogP contribution in [-0.2, 0) is 17.6 Å². The topological polar surface area (TPSA) is 17.1 Å². The minimum absolute atomic E-state index is 0.284. The predicted molar refractivity (Wildman–Crippen MR) is 176 cm³/mol. The number of hydrogen-bond donors (Lipinski definition) is 0. The molecule has 0 saturated heterocycles. The molecule has 40 heavy (non-hydrogen) atoms. The maximum Gasteiger partial charge on any atom is 0.162 e. The van der Waals surface area contributed by atoms with Gasteiger partial charge in [-0.3, -0.25) is 4.79 Å². The van der Waals surface area contributed by atoms with Crippen LogP contribution in [0.4, 0.5) is 0 Å². The Morgan fingerprint density at radius 3 is 2.05 bits per heavy atom. The van der Waals surface area contributed by atoms with Crippen molar-refractivity contribution < 1.29 is 4.79 Å². The second-order valence-electron chi connectivity index (χ2n) is 10.5. The van der Waals surface area contributed by atoms with Gasteiger partial charge in [0.15, 0.2) is 5.78 Å². The zero-order chi connectivity index (χ0) is 29.5. The average molecular weight is 533 g/mol. The molecule has 0 N–H and O–H groups in total. The quantitative estimate of drug-likeness (QED) is 0.218. The third kappa shape index (κ3) is 10.1. The summed E-state index contributed by atoms with van der Waals surface area (Å²) < 4.78 is 0. The molecule has 210 valence electrons. The van der Waals surface area contributed by atoms with E-state index in [0.29, 0.717) is 12.3 Å². The highest BCUT2D eigenvalue weighted by Gasteiger charge is 2.19. The maximum absolute atomic E-state index is 12.6. The Balaban J connectivity index is 0.000000336. The van der Waals surface area contributed by atoms with E-state index in [0.717, 1.165) is 24.8 Å². The van der Waals surface area contributed by atoms with Crippen LogP contribution in [0, 0.1) is 6.92 Å². The van der Waals surface area contributed by atoms with Crippen LogP contribution in [-0.4, -0.2) is 5.78 Å². The highest BCUT2D eigenvalue weighted by atomic mass is 16.1. The van der Waals surface area contributed by atoms with Gasteiger partial charge in [-0.15, -0.1) is 0 Å². The molecule has 0 fully saturated rings. The summed E-state index contributed by atoms with van der Waals surface area (Å²) in [6.07, 6.45) is 9.26. The molecule has 4 rings (SSSR count). The normalized spacial score (nSPS) is 14.3. The minimum atomic E-state index is 0.284. The number of benzene rings is 3. The van der Waals surface area contributed by atoms with E-state index in [2.05, 4.69) is 119 Å². The molecule has 0 saturated carbocycles. The van der Waals surface area contributed by atoms with Gasteiger partial charge in [0.2, 0.25) is 0 Å². The summed E-state index contributed by atoms with van der Waals surface area (Å²) in [5, 5.41) is 0. The Kier molecular flexibility index (Phi) is 13.9. The highest BCUT2D eigenvalue weighted by molar-refractivity contribution is 5.98. The van der Waals surface area contributed by atoms with Crippen molar-refractivity contribution in [1.29, 1.82) is 0 Å². The van der Waals surface area contributed by atoms with Gasteiger partial charge in [-0.05, 0) is 72.9 Å². The number of carbonyl (C=O) groups excluding carboxylic acids is 1. The van der Waals surface area contributed by atoms with Crippen LogP contribution in [0.1, 0.15) is 88.1 Å². The Morgan fingerprint density at radius 2 is 1.52 bits per heavy atom. The van der Waals surface area contributed by atoms with Gasteiger partial charge in [-0.25, -0.2) is 0 Å². The number of rotatable bonds is 7. The lowest BCUT2D eigenvalue weighted by atomic mass is 9.86. The summed E-state index contributed by atoms with van der Waals surface area (Å²) in [7, 11) is 0. The highest BCUT2D eigenvalue weighted by Crippen LogP contribution is 2.27. The van der Waals surface area contributed by atoms with Gasteiger partial charge >= 0.3 is 0 Å². The number of carbonyl (C=O) groups is 1. The van der Waals surface area contributed by atoms with Crippen molar-refractivity contribution >= 4 is 11.4 Å². The van der Waals surface area contributed by atoms with Crippen molar-refractivity contribution in [2.24, 2.45) is 0 Å². The second-order valence-corrected chi connectivity index (χ2v) is 10.5. The fourth-order valence-corrected chi connectivity index (χ4v) is 4.65. The monoisotopic (exact) mass is 532 g/mol. The summed E-state index contributed by atoms with van der Waals surface area (Å²) >= 11 is 0. The van der Waals surface area contributed by atoms with E-state index >= 15 is 0 Å². The van der Waals surface area contributed by atoms with E-state index in [9.17, 15) is 4.79 Å². The third-order valence-electron chi connectivity index (χ3n) is 7.20. The molecule has 0 radical (unpaired) electrons. The first-order valence-corrected chi connectivity index (χ1v) is 14.7. The fourth-order valence-electron chi connectivity index (χ4n) is 4.65. The van der Waals surface area contributed by atoms with E-state index < -0.39 is 0 Å². The van der Waals surface area contributed by atoms with E-state index in [4.69, 9.17) is 0 Å². The first-order valence-electron chi connectivity index (χ1n) is 14.7. The van der Waals surface area contributed by atoms with Crippen molar-refractivity contribution in [2.75, 3.05) is 0 Å². The zero-order valence-electron chi connectivity index (χ0n) is 25.8. The first kappa shape index (κ1) is 32.5. The van der Waals surface area contributed by atoms with E-state index in [1.807, 2.05) is 32.9 Å². The molecule has 0 atom stereocenters. The molecule has 1 aliphatic rings. The fraction of sp³-hybridized carbons (Fsp3) is 0.308. The van der Waals surface area contributed by atoms with Crippen molar-refractivity contribution in [1.82, 2.24) is 0 Å². The van der Waals surface area contributed by atoms with Gasteiger partial charge in [0.05, 0.1) is 0 Å².